The Morgan fingerprint density at radius 2 is 1.59 bits per heavy atom. The van der Waals surface area contributed by atoms with Crippen molar-refractivity contribution in [3.05, 3.63) is 101 Å². The minimum absolute atomic E-state index is 0.0274. The number of hydrogen-bond acceptors (Lipinski definition) is 4. The molecular formula is C30H32N4O4S. The molecule has 0 spiro atoms. The number of benzene rings is 3. The van der Waals surface area contributed by atoms with Gasteiger partial charge in [0.2, 0.25) is 0 Å². The Labute approximate surface area is 228 Å². The van der Waals surface area contributed by atoms with Crippen molar-refractivity contribution in [2.24, 2.45) is 13.0 Å². The Kier molecular flexibility index (Phi) is 7.05. The highest BCUT2D eigenvalue weighted by Gasteiger charge is 2.45. The number of hydrazine groups is 1. The lowest BCUT2D eigenvalue weighted by Crippen LogP contribution is -2.53. The zero-order valence-electron chi connectivity index (χ0n) is 22.4. The summed E-state index contributed by atoms with van der Waals surface area (Å²) in [6.07, 6.45) is 0.346. The van der Waals surface area contributed by atoms with E-state index in [1.165, 1.54) is 12.1 Å². The molecule has 2 N–H and O–H groups in total. The lowest BCUT2D eigenvalue weighted by atomic mass is 9.93. The first kappa shape index (κ1) is 26.6. The van der Waals surface area contributed by atoms with E-state index in [1.54, 1.807) is 29.2 Å². The molecule has 1 aromatic heterocycles. The number of hydrogen-bond donors (Lipinski definition) is 2. The summed E-state index contributed by atoms with van der Waals surface area (Å²) in [5, 5.41) is 1.01. The van der Waals surface area contributed by atoms with E-state index < -0.39 is 28.0 Å². The molecule has 2 amide bonds. The summed E-state index contributed by atoms with van der Waals surface area (Å²) in [6, 6.07) is 21.8. The maximum atomic E-state index is 14.0. The van der Waals surface area contributed by atoms with Crippen molar-refractivity contribution < 1.29 is 18.0 Å². The number of para-hydroxylation sites is 1. The van der Waals surface area contributed by atoms with Crippen LogP contribution in [0.5, 0.6) is 0 Å². The van der Waals surface area contributed by atoms with Gasteiger partial charge in [0.1, 0.15) is 6.04 Å². The molecule has 8 nitrogen and oxygen atoms in total. The predicted molar refractivity (Wildman–Crippen MR) is 150 cm³/mol. The highest BCUT2D eigenvalue weighted by Crippen LogP contribution is 2.45. The van der Waals surface area contributed by atoms with E-state index in [1.807, 2.05) is 70.3 Å². The number of nitrogens with zero attached hydrogens (tertiary/aromatic N) is 2. The van der Waals surface area contributed by atoms with Crippen LogP contribution in [-0.4, -0.2) is 35.7 Å². The zero-order valence-corrected chi connectivity index (χ0v) is 23.2. The molecule has 0 saturated carbocycles. The van der Waals surface area contributed by atoms with E-state index in [-0.39, 0.29) is 16.7 Å². The molecule has 1 aliphatic rings. The fourth-order valence-electron chi connectivity index (χ4n) is 5.50. The average Bonchev–Trinajstić information content (AvgIpc) is 3.36. The van der Waals surface area contributed by atoms with Crippen molar-refractivity contribution >= 4 is 32.7 Å². The standard InChI is InChI=1S/C30H32N4O4S/c1-19(2)18-26(29(35)31-32-39(37,38)21-12-6-5-7-13-21)34-28(22-14-8-9-15-23(22)30(34)36)27-20(3)33(4)25-17-11-10-16-24(25)27/h5-17,19,26,28,32H,18H2,1-4H3,(H,31,35). The molecular weight excluding hydrogens is 512 g/mol. The number of carbonyl (C=O) groups is 2. The lowest BCUT2D eigenvalue weighted by molar-refractivity contribution is -0.127. The van der Waals surface area contributed by atoms with Crippen LogP contribution in [0.2, 0.25) is 0 Å². The van der Waals surface area contributed by atoms with Gasteiger partial charge in [-0.05, 0) is 49.1 Å². The molecule has 2 atom stereocenters. The highest BCUT2D eigenvalue weighted by atomic mass is 32.2. The Morgan fingerprint density at radius 1 is 0.949 bits per heavy atom. The number of sulfonamides is 1. The van der Waals surface area contributed by atoms with Crippen LogP contribution in [0, 0.1) is 12.8 Å². The monoisotopic (exact) mass is 544 g/mol. The molecule has 0 fully saturated rings. The largest absolute Gasteiger partial charge is 0.348 e. The van der Waals surface area contributed by atoms with Gasteiger partial charge in [0.05, 0.1) is 10.9 Å². The maximum Gasteiger partial charge on any atom is 0.257 e. The van der Waals surface area contributed by atoms with E-state index in [0.717, 1.165) is 27.7 Å². The molecule has 0 saturated heterocycles. The summed E-state index contributed by atoms with van der Waals surface area (Å²) >= 11 is 0. The normalized spacial score (nSPS) is 16.1. The quantitative estimate of drug-likeness (QED) is 0.320. The highest BCUT2D eigenvalue weighted by molar-refractivity contribution is 7.89. The average molecular weight is 545 g/mol. The Bertz CT molecular complexity index is 1660. The lowest BCUT2D eigenvalue weighted by Gasteiger charge is -2.34. The van der Waals surface area contributed by atoms with Crippen LogP contribution in [0.1, 0.15) is 53.5 Å². The van der Waals surface area contributed by atoms with Gasteiger partial charge in [-0.1, -0.05) is 68.4 Å². The van der Waals surface area contributed by atoms with Crippen LogP contribution in [0.25, 0.3) is 10.9 Å². The van der Waals surface area contributed by atoms with Crippen molar-refractivity contribution in [1.82, 2.24) is 19.7 Å². The van der Waals surface area contributed by atoms with E-state index in [4.69, 9.17) is 0 Å². The van der Waals surface area contributed by atoms with Crippen molar-refractivity contribution in [1.29, 1.82) is 0 Å². The second kappa shape index (κ2) is 10.3. The van der Waals surface area contributed by atoms with Crippen molar-refractivity contribution in [2.45, 2.75) is 44.2 Å². The fraction of sp³-hybridized carbons (Fsp3) is 0.267. The summed E-state index contributed by atoms with van der Waals surface area (Å²) in [4.78, 5) is 31.6. The van der Waals surface area contributed by atoms with Gasteiger partial charge >= 0.3 is 0 Å². The molecule has 0 bridgehead atoms. The SMILES string of the molecule is Cc1c(C2c3ccccc3C(=O)N2C(CC(C)C)C(=O)NNS(=O)(=O)c2ccccc2)c2ccccc2n1C. The molecule has 39 heavy (non-hydrogen) atoms. The molecule has 0 radical (unpaired) electrons. The summed E-state index contributed by atoms with van der Waals surface area (Å²) in [5.74, 6) is -0.792. The summed E-state index contributed by atoms with van der Waals surface area (Å²) in [6.45, 7) is 5.96. The first-order valence-corrected chi connectivity index (χ1v) is 14.4. The maximum absolute atomic E-state index is 14.0. The molecule has 1 aliphatic heterocycles. The third kappa shape index (κ3) is 4.72. The molecule has 9 heteroatoms. The van der Waals surface area contributed by atoms with Gasteiger partial charge in [0.25, 0.3) is 21.8 Å². The molecule has 4 aromatic rings. The zero-order chi connectivity index (χ0) is 27.9. The number of aromatic nitrogens is 1. The number of fused-ring (bicyclic) bond motifs is 2. The summed E-state index contributed by atoms with van der Waals surface area (Å²) in [7, 11) is -2.00. The van der Waals surface area contributed by atoms with Crippen molar-refractivity contribution in [3.8, 4) is 0 Å². The van der Waals surface area contributed by atoms with Crippen molar-refractivity contribution in [3.63, 3.8) is 0 Å². The van der Waals surface area contributed by atoms with Gasteiger partial charge in [-0.25, -0.2) is 8.42 Å². The minimum atomic E-state index is -3.99. The van der Waals surface area contributed by atoms with Gasteiger partial charge in [0, 0.05) is 34.8 Å². The Balaban J connectivity index is 1.58. The van der Waals surface area contributed by atoms with Gasteiger partial charge < -0.3 is 9.47 Å². The van der Waals surface area contributed by atoms with Crippen LogP contribution in [-0.2, 0) is 21.9 Å². The van der Waals surface area contributed by atoms with E-state index >= 15 is 0 Å². The number of nitrogens with one attached hydrogen (secondary N) is 2. The van der Waals surface area contributed by atoms with Crippen molar-refractivity contribution in [2.75, 3.05) is 0 Å². The predicted octanol–water partition coefficient (Wildman–Crippen LogP) is 4.46. The molecule has 3 aromatic carbocycles. The van der Waals surface area contributed by atoms with Gasteiger partial charge in [-0.3, -0.25) is 15.0 Å². The smallest absolute Gasteiger partial charge is 0.257 e. The van der Waals surface area contributed by atoms with Crippen LogP contribution in [0.15, 0.2) is 83.8 Å². The third-order valence-corrected chi connectivity index (χ3v) is 8.68. The molecule has 2 unspecified atom stereocenters. The second-order valence-corrected chi connectivity index (χ2v) is 12.0. The summed E-state index contributed by atoms with van der Waals surface area (Å²) < 4.78 is 27.7. The Morgan fingerprint density at radius 3 is 2.31 bits per heavy atom. The second-order valence-electron chi connectivity index (χ2n) is 10.3. The topological polar surface area (TPSA) is 101 Å². The first-order chi connectivity index (χ1) is 18.6. The van der Waals surface area contributed by atoms with E-state index in [0.29, 0.717) is 12.0 Å². The number of aryl methyl sites for hydroxylation is 1. The van der Waals surface area contributed by atoms with Crippen LogP contribution in [0.4, 0.5) is 0 Å². The molecule has 5 rings (SSSR count). The first-order valence-electron chi connectivity index (χ1n) is 12.9. The van der Waals surface area contributed by atoms with Gasteiger partial charge in [-0.2, -0.15) is 0 Å². The number of amides is 2. The van der Waals surface area contributed by atoms with Crippen LogP contribution < -0.4 is 10.3 Å². The summed E-state index contributed by atoms with van der Waals surface area (Å²) in [5.41, 5.74) is 6.75. The van der Waals surface area contributed by atoms with Crippen LogP contribution in [0.3, 0.4) is 0 Å². The van der Waals surface area contributed by atoms with Gasteiger partial charge in [0.15, 0.2) is 0 Å². The van der Waals surface area contributed by atoms with Crippen LogP contribution >= 0.6 is 0 Å². The third-order valence-electron chi connectivity index (χ3n) is 7.42. The molecule has 202 valence electrons. The Hall–Kier alpha value is -3.95. The van der Waals surface area contributed by atoms with E-state index in [9.17, 15) is 18.0 Å². The minimum Gasteiger partial charge on any atom is -0.348 e. The molecule has 0 aliphatic carbocycles. The number of rotatable bonds is 8. The fourth-order valence-corrected chi connectivity index (χ4v) is 6.37. The van der Waals surface area contributed by atoms with Gasteiger partial charge in [-0.15, -0.1) is 4.83 Å². The number of carbonyl (C=O) groups excluding carboxylic acids is 2. The van der Waals surface area contributed by atoms with E-state index in [2.05, 4.69) is 14.8 Å². The molecule has 2 heterocycles.